The van der Waals surface area contributed by atoms with Crippen LogP contribution < -0.4 is 0 Å². The predicted molar refractivity (Wildman–Crippen MR) is 87.9 cm³/mol. The van der Waals surface area contributed by atoms with Crippen molar-refractivity contribution in [3.63, 3.8) is 0 Å². The molecule has 3 heteroatoms. The maximum atomic E-state index is 4.27. The minimum Gasteiger partial charge on any atom is -0.306 e. The van der Waals surface area contributed by atoms with Crippen molar-refractivity contribution in [3.05, 3.63) is 48.2 Å². The van der Waals surface area contributed by atoms with Gasteiger partial charge in [0.25, 0.3) is 0 Å². The Balaban J connectivity index is 1.90. The lowest BCUT2D eigenvalue weighted by Gasteiger charge is -2.28. The number of aromatic nitrogens is 2. The van der Waals surface area contributed by atoms with Crippen LogP contribution in [0.4, 0.5) is 0 Å². The van der Waals surface area contributed by atoms with Crippen LogP contribution in [-0.2, 0) is 7.05 Å². The molecule has 0 fully saturated rings. The predicted octanol–water partition coefficient (Wildman–Crippen LogP) is 3.58. The van der Waals surface area contributed by atoms with Crippen molar-refractivity contribution < 1.29 is 0 Å². The summed E-state index contributed by atoms with van der Waals surface area (Å²) in [6.07, 6.45) is 7.83. The zero-order chi connectivity index (χ0) is 14.8. The first-order chi connectivity index (χ1) is 10.1. The normalized spacial score (nSPS) is 18.9. The van der Waals surface area contributed by atoms with E-state index in [0.717, 1.165) is 12.1 Å². The summed E-state index contributed by atoms with van der Waals surface area (Å²) in [6.45, 7) is 0. The summed E-state index contributed by atoms with van der Waals surface area (Å²) in [4.78, 5) is 2.35. The van der Waals surface area contributed by atoms with Crippen LogP contribution in [0.25, 0.3) is 16.8 Å². The number of benzene rings is 1. The lowest BCUT2D eigenvalue weighted by molar-refractivity contribution is 0.279. The van der Waals surface area contributed by atoms with E-state index in [4.69, 9.17) is 0 Å². The van der Waals surface area contributed by atoms with Gasteiger partial charge >= 0.3 is 0 Å². The van der Waals surface area contributed by atoms with E-state index in [2.05, 4.69) is 60.5 Å². The van der Waals surface area contributed by atoms with Crippen molar-refractivity contribution >= 4 is 5.57 Å². The van der Waals surface area contributed by atoms with Crippen LogP contribution in [0, 0.1) is 0 Å². The molecule has 1 aliphatic rings. The summed E-state index contributed by atoms with van der Waals surface area (Å²) < 4.78 is 1.93. The maximum absolute atomic E-state index is 4.27. The topological polar surface area (TPSA) is 21.1 Å². The standard InChI is InChI=1S/C18H23N3/c1-20(2)17-9-5-7-15(13-17)14-6-4-8-16(12-14)18-10-11-19-21(18)3/h4,6-8,10-12,17H,5,9,13H2,1-3H3. The SMILES string of the molecule is CN(C)C1CCC=C(c2cccc(-c3ccnn3C)c2)C1. The molecule has 3 rings (SSSR count). The van der Waals surface area contributed by atoms with E-state index in [0.29, 0.717) is 6.04 Å². The molecule has 0 amide bonds. The molecule has 1 atom stereocenters. The van der Waals surface area contributed by atoms with Crippen molar-refractivity contribution in [1.29, 1.82) is 0 Å². The van der Waals surface area contributed by atoms with E-state index in [9.17, 15) is 0 Å². The number of nitrogens with zero attached hydrogens (tertiary/aromatic N) is 3. The Labute approximate surface area is 126 Å². The highest BCUT2D eigenvalue weighted by Crippen LogP contribution is 2.31. The smallest absolute Gasteiger partial charge is 0.0679 e. The zero-order valence-corrected chi connectivity index (χ0v) is 13.1. The molecule has 0 saturated heterocycles. The molecule has 1 aliphatic carbocycles. The quantitative estimate of drug-likeness (QED) is 0.857. The highest BCUT2D eigenvalue weighted by atomic mass is 15.3. The van der Waals surface area contributed by atoms with Gasteiger partial charge < -0.3 is 4.90 Å². The van der Waals surface area contributed by atoms with E-state index < -0.39 is 0 Å². The fraction of sp³-hybridized carbons (Fsp3) is 0.389. The first-order valence-electron chi connectivity index (χ1n) is 7.59. The van der Waals surface area contributed by atoms with Gasteiger partial charge in [-0.05, 0) is 56.6 Å². The maximum Gasteiger partial charge on any atom is 0.0679 e. The van der Waals surface area contributed by atoms with Crippen LogP contribution in [0.3, 0.4) is 0 Å². The molecule has 1 aromatic carbocycles. The largest absolute Gasteiger partial charge is 0.306 e. The number of allylic oxidation sites excluding steroid dienone is 1. The Hall–Kier alpha value is -1.87. The summed E-state index contributed by atoms with van der Waals surface area (Å²) in [6, 6.07) is 11.6. The summed E-state index contributed by atoms with van der Waals surface area (Å²) in [5, 5.41) is 4.27. The van der Waals surface area contributed by atoms with Gasteiger partial charge in [0.05, 0.1) is 5.69 Å². The summed E-state index contributed by atoms with van der Waals surface area (Å²) in [7, 11) is 6.35. The minimum absolute atomic E-state index is 0.658. The first-order valence-corrected chi connectivity index (χ1v) is 7.59. The second-order valence-corrected chi connectivity index (χ2v) is 6.05. The van der Waals surface area contributed by atoms with Gasteiger partial charge in [-0.15, -0.1) is 0 Å². The van der Waals surface area contributed by atoms with Gasteiger partial charge in [0.2, 0.25) is 0 Å². The van der Waals surface area contributed by atoms with E-state index in [-0.39, 0.29) is 0 Å². The average molecular weight is 281 g/mol. The fourth-order valence-corrected chi connectivity index (χ4v) is 3.10. The number of aryl methyl sites for hydroxylation is 1. The van der Waals surface area contributed by atoms with Crippen LogP contribution >= 0.6 is 0 Å². The molecule has 1 heterocycles. The van der Waals surface area contributed by atoms with E-state index in [1.54, 1.807) is 0 Å². The number of rotatable bonds is 3. The average Bonchev–Trinajstić information content (AvgIpc) is 2.94. The monoisotopic (exact) mass is 281 g/mol. The molecule has 0 aliphatic heterocycles. The Morgan fingerprint density at radius 1 is 1.19 bits per heavy atom. The summed E-state index contributed by atoms with van der Waals surface area (Å²) in [5.41, 5.74) is 5.22. The van der Waals surface area contributed by atoms with Gasteiger partial charge in [0.1, 0.15) is 0 Å². The minimum atomic E-state index is 0.658. The van der Waals surface area contributed by atoms with E-state index in [1.165, 1.54) is 29.5 Å². The van der Waals surface area contributed by atoms with Crippen molar-refractivity contribution in [2.24, 2.45) is 7.05 Å². The molecule has 2 aromatic rings. The third kappa shape index (κ3) is 2.93. The fourth-order valence-electron chi connectivity index (χ4n) is 3.10. The Kier molecular flexibility index (Phi) is 3.93. The second-order valence-electron chi connectivity index (χ2n) is 6.05. The lowest BCUT2D eigenvalue weighted by atomic mass is 9.89. The lowest BCUT2D eigenvalue weighted by Crippen LogP contribution is -2.29. The summed E-state index contributed by atoms with van der Waals surface area (Å²) >= 11 is 0. The molecular formula is C18H23N3. The van der Waals surface area contributed by atoms with Crippen LogP contribution in [0.1, 0.15) is 24.8 Å². The molecule has 110 valence electrons. The summed E-state index contributed by atoms with van der Waals surface area (Å²) in [5.74, 6) is 0. The van der Waals surface area contributed by atoms with Gasteiger partial charge in [-0.1, -0.05) is 24.3 Å². The molecule has 0 N–H and O–H groups in total. The second kappa shape index (κ2) is 5.86. The molecular weight excluding hydrogens is 258 g/mol. The van der Waals surface area contributed by atoms with Crippen LogP contribution in [0.5, 0.6) is 0 Å². The van der Waals surface area contributed by atoms with Gasteiger partial charge in [-0.2, -0.15) is 5.10 Å². The third-order valence-corrected chi connectivity index (χ3v) is 4.43. The number of hydrogen-bond donors (Lipinski definition) is 0. The molecule has 1 unspecified atom stereocenters. The molecule has 21 heavy (non-hydrogen) atoms. The van der Waals surface area contributed by atoms with Gasteiger partial charge in [-0.25, -0.2) is 0 Å². The van der Waals surface area contributed by atoms with Crippen LogP contribution in [0.15, 0.2) is 42.6 Å². The Morgan fingerprint density at radius 2 is 2.00 bits per heavy atom. The highest BCUT2D eigenvalue weighted by molar-refractivity contribution is 5.72. The highest BCUT2D eigenvalue weighted by Gasteiger charge is 2.18. The van der Waals surface area contributed by atoms with E-state index >= 15 is 0 Å². The van der Waals surface area contributed by atoms with Crippen molar-refractivity contribution in [3.8, 4) is 11.3 Å². The Bertz CT molecular complexity index is 652. The van der Waals surface area contributed by atoms with E-state index in [1.807, 2.05) is 17.9 Å². The first kappa shape index (κ1) is 14.1. The van der Waals surface area contributed by atoms with Crippen molar-refractivity contribution in [2.45, 2.75) is 25.3 Å². The molecule has 1 aromatic heterocycles. The van der Waals surface area contributed by atoms with Crippen LogP contribution in [0.2, 0.25) is 0 Å². The van der Waals surface area contributed by atoms with Gasteiger partial charge in [0.15, 0.2) is 0 Å². The Morgan fingerprint density at radius 3 is 2.71 bits per heavy atom. The van der Waals surface area contributed by atoms with Crippen LogP contribution in [-0.4, -0.2) is 34.8 Å². The molecule has 0 saturated carbocycles. The van der Waals surface area contributed by atoms with Crippen molar-refractivity contribution in [2.75, 3.05) is 14.1 Å². The van der Waals surface area contributed by atoms with Gasteiger partial charge in [-0.3, -0.25) is 4.68 Å². The van der Waals surface area contributed by atoms with Crippen molar-refractivity contribution in [1.82, 2.24) is 14.7 Å². The molecule has 0 spiro atoms. The molecule has 3 nitrogen and oxygen atoms in total. The van der Waals surface area contributed by atoms with Gasteiger partial charge in [0, 0.05) is 24.8 Å². The number of hydrogen-bond acceptors (Lipinski definition) is 2. The molecule has 0 bridgehead atoms. The third-order valence-electron chi connectivity index (χ3n) is 4.43. The molecule has 0 radical (unpaired) electrons. The zero-order valence-electron chi connectivity index (χ0n) is 13.1.